The molecule has 13 nitrogen and oxygen atoms in total. The van der Waals surface area contributed by atoms with E-state index in [1.165, 1.54) is 10.9 Å². The van der Waals surface area contributed by atoms with Gasteiger partial charge in [0.25, 0.3) is 0 Å². The normalized spacial score (nSPS) is 23.3. The Morgan fingerprint density at radius 3 is 2.54 bits per heavy atom. The van der Waals surface area contributed by atoms with Crippen molar-refractivity contribution in [3.05, 3.63) is 59.6 Å². The summed E-state index contributed by atoms with van der Waals surface area (Å²) in [6, 6.07) is 13.9. The van der Waals surface area contributed by atoms with Gasteiger partial charge in [0.15, 0.2) is 23.2 Å². The lowest BCUT2D eigenvalue weighted by Crippen LogP contribution is -2.32. The Kier molecular flexibility index (Phi) is 7.82. The molecule has 0 aliphatic carbocycles. The molecule has 0 spiro atoms. The van der Waals surface area contributed by atoms with Gasteiger partial charge in [-0.25, -0.2) is 4.98 Å². The van der Waals surface area contributed by atoms with Gasteiger partial charge in [0.1, 0.15) is 18.1 Å². The molecule has 2 unspecified atom stereocenters. The first-order valence-corrected chi connectivity index (χ1v) is 16.1. The van der Waals surface area contributed by atoms with Gasteiger partial charge in [-0.1, -0.05) is 42.5 Å². The monoisotopic (exact) mass is 597 g/mol. The summed E-state index contributed by atoms with van der Waals surface area (Å²) in [4.78, 5) is 40.8. The average molecular weight is 598 g/mol. The van der Waals surface area contributed by atoms with Gasteiger partial charge in [0.05, 0.1) is 12.4 Å². The number of aliphatic hydroxyl groups is 2. The molecule has 1 fully saturated rings. The van der Waals surface area contributed by atoms with Crippen LogP contribution in [-0.4, -0.2) is 74.8 Å². The van der Waals surface area contributed by atoms with Crippen molar-refractivity contribution < 1.29 is 38.8 Å². The fourth-order valence-electron chi connectivity index (χ4n) is 4.71. The summed E-state index contributed by atoms with van der Waals surface area (Å²) in [5, 5.41) is 26.5. The number of anilines is 1. The van der Waals surface area contributed by atoms with Gasteiger partial charge in [-0.05, 0) is 34.4 Å². The van der Waals surface area contributed by atoms with Crippen molar-refractivity contribution in [1.29, 1.82) is 0 Å². The average Bonchev–Trinajstić information content (AvgIpc) is 3.40. The van der Waals surface area contributed by atoms with Crippen LogP contribution in [0, 0.1) is 0 Å². The number of halogens is 1. The molecule has 5 atom stereocenters. The molecular formula is C23H26ClN5O8P2. The van der Waals surface area contributed by atoms with Crippen molar-refractivity contribution in [2.75, 3.05) is 17.4 Å². The highest BCUT2D eigenvalue weighted by Gasteiger charge is 2.45. The number of aliphatic hydroxyl groups excluding tert-OH is 2. The van der Waals surface area contributed by atoms with Crippen LogP contribution in [-0.2, 0) is 20.4 Å². The van der Waals surface area contributed by atoms with E-state index in [1.807, 2.05) is 42.5 Å². The molecule has 3 heterocycles. The number of aromatic nitrogens is 4. The highest BCUT2D eigenvalue weighted by atomic mass is 35.5. The predicted molar refractivity (Wildman–Crippen MR) is 144 cm³/mol. The van der Waals surface area contributed by atoms with E-state index in [0.29, 0.717) is 17.9 Å². The minimum absolute atomic E-state index is 0.0899. The standard InChI is InChI=1S/C23H26ClN5O8P2/c24-23-27-20(25-10-14-6-3-5-13-4-1-2-7-15(13)14)17-21(28-23)29(11-26-17)22-19(31)18(30)16(37-22)8-9-38(32,33)12-39(34,35)36/h1-7,11,16,18-19,22,30-31H,8-10,12H2,(H,32,33)(H,25,27,28)(H2,34,35,36)/t16-,18?,19+,22-/m1/s1. The highest BCUT2D eigenvalue weighted by Crippen LogP contribution is 2.55. The number of hydrogen-bond acceptors (Lipinski definition) is 9. The van der Waals surface area contributed by atoms with Crippen LogP contribution in [0.15, 0.2) is 48.8 Å². The summed E-state index contributed by atoms with van der Waals surface area (Å²) in [6.45, 7) is 0.413. The Morgan fingerprint density at radius 2 is 1.77 bits per heavy atom. The number of rotatable bonds is 9. The van der Waals surface area contributed by atoms with Crippen LogP contribution in [0.1, 0.15) is 18.2 Å². The molecule has 1 saturated heterocycles. The Morgan fingerprint density at radius 1 is 1.03 bits per heavy atom. The first kappa shape index (κ1) is 28.1. The van der Waals surface area contributed by atoms with E-state index in [4.69, 9.17) is 26.1 Å². The number of hydrogen-bond donors (Lipinski definition) is 6. The number of nitrogens with one attached hydrogen (secondary N) is 1. The molecule has 5 rings (SSSR count). The fraction of sp³-hybridized carbons (Fsp3) is 0.348. The van der Waals surface area contributed by atoms with Gasteiger partial charge in [-0.2, -0.15) is 9.97 Å². The molecule has 16 heteroatoms. The minimum atomic E-state index is -4.71. The fourth-order valence-corrected chi connectivity index (χ4v) is 8.40. The predicted octanol–water partition coefficient (Wildman–Crippen LogP) is 2.66. The Balaban J connectivity index is 1.36. The van der Waals surface area contributed by atoms with Crippen LogP contribution >= 0.6 is 26.6 Å². The second-order valence-corrected chi connectivity index (χ2v) is 14.3. The van der Waals surface area contributed by atoms with Crippen molar-refractivity contribution >= 4 is 54.3 Å². The number of ether oxygens (including phenoxy) is 1. The Bertz CT molecular complexity index is 1610. The van der Waals surface area contributed by atoms with Crippen molar-refractivity contribution in [1.82, 2.24) is 19.5 Å². The van der Waals surface area contributed by atoms with Gasteiger partial charge in [0.2, 0.25) is 12.7 Å². The van der Waals surface area contributed by atoms with Gasteiger partial charge in [-0.15, -0.1) is 0 Å². The smallest absolute Gasteiger partial charge is 0.335 e. The van der Waals surface area contributed by atoms with Gasteiger partial charge >= 0.3 is 7.60 Å². The largest absolute Gasteiger partial charge is 0.388 e. The van der Waals surface area contributed by atoms with Crippen LogP contribution in [0.25, 0.3) is 21.9 Å². The first-order chi connectivity index (χ1) is 18.4. The van der Waals surface area contributed by atoms with Gasteiger partial charge in [0, 0.05) is 12.7 Å². The molecule has 0 radical (unpaired) electrons. The third-order valence-corrected chi connectivity index (χ3v) is 10.9. The van der Waals surface area contributed by atoms with Crippen molar-refractivity contribution in [2.24, 2.45) is 0 Å². The summed E-state index contributed by atoms with van der Waals surface area (Å²) in [6.07, 6.45) is -4.51. The molecular weight excluding hydrogens is 572 g/mol. The molecule has 2 aromatic heterocycles. The second-order valence-electron chi connectivity index (χ2n) is 9.37. The Labute approximate surface area is 227 Å². The van der Waals surface area contributed by atoms with Crippen LogP contribution in [0.2, 0.25) is 5.28 Å². The minimum Gasteiger partial charge on any atom is -0.388 e. The molecule has 0 bridgehead atoms. The van der Waals surface area contributed by atoms with Crippen molar-refractivity contribution in [3.63, 3.8) is 0 Å². The van der Waals surface area contributed by atoms with E-state index in [-0.39, 0.29) is 17.4 Å². The van der Waals surface area contributed by atoms with E-state index in [0.717, 1.165) is 16.3 Å². The molecule has 39 heavy (non-hydrogen) atoms. The van der Waals surface area contributed by atoms with Gasteiger partial charge < -0.3 is 34.9 Å². The molecule has 208 valence electrons. The quantitative estimate of drug-likeness (QED) is 0.122. The summed E-state index contributed by atoms with van der Waals surface area (Å²) in [5.41, 5.74) is 1.59. The van der Waals surface area contributed by atoms with E-state index in [9.17, 15) is 24.2 Å². The summed E-state index contributed by atoms with van der Waals surface area (Å²) in [5.74, 6) is -0.829. The van der Waals surface area contributed by atoms with Crippen LogP contribution < -0.4 is 5.32 Å². The maximum atomic E-state index is 12.2. The van der Waals surface area contributed by atoms with Crippen LogP contribution in [0.3, 0.4) is 0 Å². The molecule has 0 amide bonds. The number of imidazole rings is 1. The SMILES string of the molecule is O=P(O)(O)CP(=O)(O)CC[C@H]1O[C@@H](n2cnc3c(NCc4cccc5ccccc45)nc(Cl)nc32)[C@@H](O)C1O. The second kappa shape index (κ2) is 10.9. The summed E-state index contributed by atoms with van der Waals surface area (Å²) < 4.78 is 30.5. The zero-order valence-electron chi connectivity index (χ0n) is 20.3. The van der Waals surface area contributed by atoms with E-state index >= 15 is 0 Å². The van der Waals surface area contributed by atoms with E-state index < -0.39 is 51.6 Å². The lowest BCUT2D eigenvalue weighted by molar-refractivity contribution is -0.0354. The zero-order chi connectivity index (χ0) is 27.9. The van der Waals surface area contributed by atoms with Crippen molar-refractivity contribution in [2.45, 2.75) is 37.5 Å². The maximum absolute atomic E-state index is 12.2. The zero-order valence-corrected chi connectivity index (χ0v) is 22.8. The number of nitrogens with zero attached hydrogens (tertiary/aromatic N) is 4. The highest BCUT2D eigenvalue weighted by molar-refractivity contribution is 7.72. The number of fused-ring (bicyclic) bond motifs is 2. The van der Waals surface area contributed by atoms with Crippen LogP contribution in [0.5, 0.6) is 0 Å². The maximum Gasteiger partial charge on any atom is 0.335 e. The third-order valence-electron chi connectivity index (χ3n) is 6.50. The molecule has 6 N–H and O–H groups in total. The Hall–Kier alpha value is -2.44. The molecule has 4 aromatic rings. The first-order valence-electron chi connectivity index (χ1n) is 11.9. The lowest BCUT2D eigenvalue weighted by atomic mass is 10.0. The lowest BCUT2D eigenvalue weighted by Gasteiger charge is -2.18. The summed E-state index contributed by atoms with van der Waals surface area (Å²) in [7, 11) is -8.91. The van der Waals surface area contributed by atoms with Gasteiger partial charge in [-0.3, -0.25) is 13.7 Å². The van der Waals surface area contributed by atoms with Crippen molar-refractivity contribution in [3.8, 4) is 0 Å². The topological polar surface area (TPSA) is 200 Å². The summed E-state index contributed by atoms with van der Waals surface area (Å²) >= 11 is 6.20. The molecule has 2 aromatic carbocycles. The van der Waals surface area contributed by atoms with E-state index in [1.54, 1.807) is 0 Å². The van der Waals surface area contributed by atoms with Crippen LogP contribution in [0.4, 0.5) is 5.82 Å². The van der Waals surface area contributed by atoms with E-state index in [2.05, 4.69) is 20.3 Å². The molecule has 0 saturated carbocycles. The molecule has 1 aliphatic rings. The molecule has 1 aliphatic heterocycles. The third kappa shape index (κ3) is 6.17. The number of benzene rings is 2.